The van der Waals surface area contributed by atoms with Crippen LogP contribution in [0.15, 0.2) is 54.6 Å². The Balaban J connectivity index is 1.88. The summed E-state index contributed by atoms with van der Waals surface area (Å²) in [5.74, 6) is 0.215. The zero-order valence-electron chi connectivity index (χ0n) is 12.6. The van der Waals surface area contributed by atoms with Gasteiger partial charge in [-0.3, -0.25) is 4.79 Å². The molecule has 1 heterocycles. The number of hydrogen-bond donors (Lipinski definition) is 1. The fraction of sp³-hybridized carbons (Fsp3) is 0.222. The monoisotopic (exact) mass is 310 g/mol. The van der Waals surface area contributed by atoms with Crippen molar-refractivity contribution in [1.29, 1.82) is 0 Å². The fourth-order valence-corrected chi connectivity index (χ4v) is 3.54. The van der Waals surface area contributed by atoms with E-state index in [0.29, 0.717) is 5.56 Å². The minimum absolute atomic E-state index is 0.0569. The maximum absolute atomic E-state index is 12.4. The van der Waals surface area contributed by atoms with Crippen LogP contribution in [-0.4, -0.2) is 10.9 Å². The van der Waals surface area contributed by atoms with Gasteiger partial charge in [-0.15, -0.1) is 11.3 Å². The van der Waals surface area contributed by atoms with Gasteiger partial charge in [0, 0.05) is 5.56 Å². The number of rotatable bonds is 4. The molecule has 0 fully saturated rings. The molecule has 1 unspecified atom stereocenters. The van der Waals surface area contributed by atoms with Crippen LogP contribution >= 0.6 is 11.3 Å². The van der Waals surface area contributed by atoms with Gasteiger partial charge in [0.25, 0.3) is 5.91 Å². The van der Waals surface area contributed by atoms with Gasteiger partial charge in [-0.1, -0.05) is 44.2 Å². The highest BCUT2D eigenvalue weighted by Crippen LogP contribution is 2.30. The van der Waals surface area contributed by atoms with E-state index in [9.17, 15) is 4.79 Å². The van der Waals surface area contributed by atoms with E-state index in [1.54, 1.807) is 11.3 Å². The van der Waals surface area contributed by atoms with Gasteiger partial charge >= 0.3 is 0 Å². The molecule has 3 nitrogen and oxygen atoms in total. The number of carbonyl (C=O) groups excluding carboxylic acids is 1. The van der Waals surface area contributed by atoms with E-state index < -0.39 is 0 Å². The number of hydrogen-bond acceptors (Lipinski definition) is 3. The van der Waals surface area contributed by atoms with Crippen molar-refractivity contribution in [2.45, 2.75) is 19.9 Å². The van der Waals surface area contributed by atoms with Crippen molar-refractivity contribution < 1.29 is 4.79 Å². The number of thiazole rings is 1. The SMILES string of the molecule is CC(C)C(NC(=O)c1ccccc1)c1nc2ccccc2s1. The minimum Gasteiger partial charge on any atom is -0.343 e. The summed E-state index contributed by atoms with van der Waals surface area (Å²) in [6.45, 7) is 4.20. The number of carbonyl (C=O) groups is 1. The van der Waals surface area contributed by atoms with E-state index in [2.05, 4.69) is 30.2 Å². The Morgan fingerprint density at radius 3 is 2.41 bits per heavy atom. The number of aromatic nitrogens is 1. The second-order valence-electron chi connectivity index (χ2n) is 5.58. The quantitative estimate of drug-likeness (QED) is 0.775. The number of benzene rings is 2. The van der Waals surface area contributed by atoms with E-state index >= 15 is 0 Å². The van der Waals surface area contributed by atoms with Crippen molar-refractivity contribution in [3.05, 3.63) is 65.2 Å². The average Bonchev–Trinajstić information content (AvgIpc) is 2.96. The maximum atomic E-state index is 12.4. The van der Waals surface area contributed by atoms with Crippen LogP contribution in [0.25, 0.3) is 10.2 Å². The molecule has 0 aliphatic rings. The van der Waals surface area contributed by atoms with Crippen molar-refractivity contribution in [2.24, 2.45) is 5.92 Å². The maximum Gasteiger partial charge on any atom is 0.251 e. The molecule has 112 valence electrons. The van der Waals surface area contributed by atoms with Crippen molar-refractivity contribution in [3.8, 4) is 0 Å². The van der Waals surface area contributed by atoms with Gasteiger partial charge in [0.05, 0.1) is 16.3 Å². The van der Waals surface area contributed by atoms with Crippen LogP contribution < -0.4 is 5.32 Å². The van der Waals surface area contributed by atoms with Crippen LogP contribution in [-0.2, 0) is 0 Å². The lowest BCUT2D eigenvalue weighted by Crippen LogP contribution is -2.31. The van der Waals surface area contributed by atoms with Gasteiger partial charge in [-0.05, 0) is 30.2 Å². The van der Waals surface area contributed by atoms with Gasteiger partial charge in [0.15, 0.2) is 0 Å². The second-order valence-corrected chi connectivity index (χ2v) is 6.64. The van der Waals surface area contributed by atoms with Crippen LogP contribution in [0.3, 0.4) is 0 Å². The summed E-state index contributed by atoms with van der Waals surface area (Å²) in [6, 6.07) is 17.3. The predicted octanol–water partition coefficient (Wildman–Crippen LogP) is 4.42. The van der Waals surface area contributed by atoms with Crippen LogP contribution in [0.1, 0.15) is 35.3 Å². The van der Waals surface area contributed by atoms with E-state index in [0.717, 1.165) is 15.2 Å². The third-order valence-corrected chi connectivity index (χ3v) is 4.69. The first-order valence-electron chi connectivity index (χ1n) is 7.36. The summed E-state index contributed by atoms with van der Waals surface area (Å²) in [5.41, 5.74) is 1.66. The molecule has 0 aliphatic carbocycles. The lowest BCUT2D eigenvalue weighted by molar-refractivity contribution is 0.0925. The Morgan fingerprint density at radius 2 is 1.73 bits per heavy atom. The summed E-state index contributed by atoms with van der Waals surface area (Å²) in [7, 11) is 0. The first-order chi connectivity index (χ1) is 10.6. The van der Waals surface area contributed by atoms with Gasteiger partial charge in [0.1, 0.15) is 5.01 Å². The minimum atomic E-state index is -0.0786. The molecule has 1 N–H and O–H groups in total. The van der Waals surface area contributed by atoms with Gasteiger partial charge in [-0.2, -0.15) is 0 Å². The third-order valence-electron chi connectivity index (χ3n) is 3.57. The lowest BCUT2D eigenvalue weighted by atomic mass is 10.0. The Morgan fingerprint density at radius 1 is 1.05 bits per heavy atom. The van der Waals surface area contributed by atoms with Crippen LogP contribution in [0, 0.1) is 5.92 Å². The molecule has 1 amide bonds. The molecule has 2 aromatic carbocycles. The highest BCUT2D eigenvalue weighted by Gasteiger charge is 2.22. The second kappa shape index (κ2) is 6.28. The summed E-state index contributed by atoms with van der Waals surface area (Å²) in [6.07, 6.45) is 0. The van der Waals surface area contributed by atoms with Crippen LogP contribution in [0.2, 0.25) is 0 Å². The Kier molecular flexibility index (Phi) is 4.20. The molecule has 0 bridgehead atoms. The van der Waals surface area contributed by atoms with Crippen molar-refractivity contribution in [3.63, 3.8) is 0 Å². The van der Waals surface area contributed by atoms with Crippen LogP contribution in [0.4, 0.5) is 0 Å². The molecule has 1 aromatic heterocycles. The zero-order valence-corrected chi connectivity index (χ0v) is 13.4. The number of amides is 1. The van der Waals surface area contributed by atoms with Gasteiger partial charge in [-0.25, -0.2) is 4.98 Å². The van der Waals surface area contributed by atoms with Gasteiger partial charge < -0.3 is 5.32 Å². The predicted molar refractivity (Wildman–Crippen MR) is 91.1 cm³/mol. The van der Waals surface area contributed by atoms with Crippen LogP contribution in [0.5, 0.6) is 0 Å². The molecule has 3 aromatic rings. The Labute approximate surface area is 134 Å². The van der Waals surface area contributed by atoms with Crippen molar-refractivity contribution >= 4 is 27.5 Å². The molecule has 22 heavy (non-hydrogen) atoms. The number of fused-ring (bicyclic) bond motifs is 1. The van der Waals surface area contributed by atoms with E-state index in [-0.39, 0.29) is 17.9 Å². The molecule has 1 atom stereocenters. The molecular formula is C18H18N2OS. The molecule has 4 heteroatoms. The highest BCUT2D eigenvalue weighted by molar-refractivity contribution is 7.18. The normalized spacial score (nSPS) is 12.5. The summed E-state index contributed by atoms with van der Waals surface area (Å²) in [4.78, 5) is 17.1. The third kappa shape index (κ3) is 3.02. The van der Waals surface area contributed by atoms with E-state index in [1.165, 1.54) is 0 Å². The van der Waals surface area contributed by atoms with Crippen molar-refractivity contribution in [1.82, 2.24) is 10.3 Å². The smallest absolute Gasteiger partial charge is 0.251 e. The summed E-state index contributed by atoms with van der Waals surface area (Å²) < 4.78 is 1.15. The first-order valence-corrected chi connectivity index (χ1v) is 8.18. The zero-order chi connectivity index (χ0) is 15.5. The lowest BCUT2D eigenvalue weighted by Gasteiger charge is -2.20. The van der Waals surface area contributed by atoms with E-state index in [4.69, 9.17) is 0 Å². The topological polar surface area (TPSA) is 42.0 Å². The number of nitrogens with zero attached hydrogens (tertiary/aromatic N) is 1. The summed E-state index contributed by atoms with van der Waals surface area (Å²) in [5, 5.41) is 4.08. The number of nitrogens with one attached hydrogen (secondary N) is 1. The molecule has 0 saturated heterocycles. The summed E-state index contributed by atoms with van der Waals surface area (Å²) >= 11 is 1.65. The van der Waals surface area contributed by atoms with E-state index in [1.807, 2.05) is 48.5 Å². The Bertz CT molecular complexity index is 747. The molecule has 0 radical (unpaired) electrons. The molecule has 3 rings (SSSR count). The first kappa shape index (κ1) is 14.7. The van der Waals surface area contributed by atoms with Crippen molar-refractivity contribution in [2.75, 3.05) is 0 Å². The average molecular weight is 310 g/mol. The Hall–Kier alpha value is -2.20. The fourth-order valence-electron chi connectivity index (χ4n) is 2.35. The standard InChI is InChI=1S/C18H18N2OS/c1-12(2)16(20-17(21)13-8-4-3-5-9-13)18-19-14-10-6-7-11-15(14)22-18/h3-12,16H,1-2H3,(H,20,21). The number of para-hydroxylation sites is 1. The largest absolute Gasteiger partial charge is 0.343 e. The highest BCUT2D eigenvalue weighted by atomic mass is 32.1. The molecule has 0 spiro atoms. The molecule has 0 aliphatic heterocycles. The molecule has 0 saturated carbocycles. The molecular weight excluding hydrogens is 292 g/mol. The van der Waals surface area contributed by atoms with Gasteiger partial charge in [0.2, 0.25) is 0 Å².